The van der Waals surface area contributed by atoms with Crippen molar-refractivity contribution in [1.82, 2.24) is 9.88 Å². The lowest BCUT2D eigenvalue weighted by Gasteiger charge is -2.27. The Bertz CT molecular complexity index is 1010. The molecule has 3 aromatic rings. The smallest absolute Gasteiger partial charge is 0.270 e. The van der Waals surface area contributed by atoms with Crippen LogP contribution in [0.1, 0.15) is 35.4 Å². The Hall–Kier alpha value is -2.42. The van der Waals surface area contributed by atoms with Gasteiger partial charge in [0.15, 0.2) is 5.13 Å². The minimum Gasteiger partial charge on any atom is -0.497 e. The van der Waals surface area contributed by atoms with Gasteiger partial charge in [0.25, 0.3) is 5.91 Å². The minimum absolute atomic E-state index is 0.0113. The van der Waals surface area contributed by atoms with Crippen LogP contribution in [0.2, 0.25) is 0 Å². The summed E-state index contributed by atoms with van der Waals surface area (Å²) in [4.78, 5) is 23.2. The molecule has 1 saturated heterocycles. The molecule has 0 bridgehead atoms. The van der Waals surface area contributed by atoms with Crippen molar-refractivity contribution in [3.8, 4) is 22.8 Å². The highest BCUT2D eigenvalue weighted by Gasteiger charge is 2.23. The quantitative estimate of drug-likeness (QED) is 0.418. The average molecular weight is 472 g/mol. The number of methoxy groups -OCH3 is 2. The first-order valence-electron chi connectivity index (χ1n) is 10.9. The molecular weight excluding hydrogens is 442 g/mol. The maximum absolute atomic E-state index is 13.3. The number of piperidine rings is 1. The molecule has 6 nitrogen and oxygen atoms in total. The normalized spacial score (nSPS) is 14.3. The van der Waals surface area contributed by atoms with E-state index in [4.69, 9.17) is 14.5 Å². The van der Waals surface area contributed by atoms with Gasteiger partial charge in [-0.25, -0.2) is 4.98 Å². The van der Waals surface area contributed by atoms with Crippen LogP contribution in [-0.4, -0.2) is 56.2 Å². The van der Waals surface area contributed by atoms with Gasteiger partial charge >= 0.3 is 0 Å². The van der Waals surface area contributed by atoms with Crippen LogP contribution in [0.3, 0.4) is 0 Å². The summed E-state index contributed by atoms with van der Waals surface area (Å²) >= 11 is 2.95. The maximum atomic E-state index is 13.3. The molecule has 0 aliphatic carbocycles. The molecule has 170 valence electrons. The first-order chi connectivity index (χ1) is 15.7. The molecule has 0 N–H and O–H groups in total. The molecule has 0 unspecified atom stereocenters. The van der Waals surface area contributed by atoms with Crippen LogP contribution in [0.15, 0.2) is 41.1 Å². The van der Waals surface area contributed by atoms with E-state index in [1.807, 2.05) is 46.0 Å². The van der Waals surface area contributed by atoms with Gasteiger partial charge in [-0.15, -0.1) is 22.7 Å². The van der Waals surface area contributed by atoms with Crippen molar-refractivity contribution in [3.05, 3.63) is 46.0 Å². The van der Waals surface area contributed by atoms with Gasteiger partial charge in [-0.2, -0.15) is 0 Å². The Labute approximate surface area is 197 Å². The third kappa shape index (κ3) is 5.31. The molecule has 0 radical (unpaired) electrons. The summed E-state index contributed by atoms with van der Waals surface area (Å²) in [6, 6.07) is 9.45. The molecule has 1 fully saturated rings. The van der Waals surface area contributed by atoms with Gasteiger partial charge < -0.3 is 14.4 Å². The van der Waals surface area contributed by atoms with E-state index in [-0.39, 0.29) is 5.91 Å². The molecule has 1 aliphatic heterocycles. The van der Waals surface area contributed by atoms with Gasteiger partial charge in [-0.1, -0.05) is 12.5 Å². The van der Waals surface area contributed by atoms with Crippen LogP contribution >= 0.6 is 22.7 Å². The van der Waals surface area contributed by atoms with E-state index in [0.717, 1.165) is 53.7 Å². The van der Waals surface area contributed by atoms with Crippen molar-refractivity contribution in [1.29, 1.82) is 0 Å². The summed E-state index contributed by atoms with van der Waals surface area (Å²) in [5.41, 5.74) is 1.63. The van der Waals surface area contributed by atoms with Crippen LogP contribution in [-0.2, 0) is 0 Å². The van der Waals surface area contributed by atoms with Crippen LogP contribution in [0.5, 0.6) is 11.5 Å². The second-order valence-corrected chi connectivity index (χ2v) is 9.56. The minimum atomic E-state index is 0.0113. The predicted molar refractivity (Wildman–Crippen MR) is 132 cm³/mol. The van der Waals surface area contributed by atoms with E-state index < -0.39 is 0 Å². The van der Waals surface area contributed by atoms with Crippen LogP contribution in [0.25, 0.3) is 11.3 Å². The fourth-order valence-corrected chi connectivity index (χ4v) is 5.50. The molecule has 0 saturated carbocycles. The number of hydrogen-bond donors (Lipinski definition) is 0. The number of benzene rings is 1. The molecular formula is C24H29N3O3S2. The van der Waals surface area contributed by atoms with E-state index in [1.54, 1.807) is 14.2 Å². The van der Waals surface area contributed by atoms with Crippen LogP contribution in [0, 0.1) is 0 Å². The predicted octanol–water partition coefficient (Wildman–Crippen LogP) is 5.41. The van der Waals surface area contributed by atoms with Crippen molar-refractivity contribution in [2.45, 2.75) is 25.7 Å². The lowest BCUT2D eigenvalue weighted by molar-refractivity contribution is 0.0989. The molecule has 1 aliphatic rings. The average Bonchev–Trinajstić information content (AvgIpc) is 3.54. The van der Waals surface area contributed by atoms with Crippen molar-refractivity contribution in [3.63, 3.8) is 0 Å². The Balaban J connectivity index is 1.56. The number of aromatic nitrogens is 1. The fourth-order valence-electron chi connectivity index (χ4n) is 3.98. The van der Waals surface area contributed by atoms with E-state index in [9.17, 15) is 4.79 Å². The number of hydrogen-bond acceptors (Lipinski definition) is 7. The van der Waals surface area contributed by atoms with Crippen molar-refractivity contribution in [2.24, 2.45) is 0 Å². The number of nitrogens with zero attached hydrogens (tertiary/aromatic N) is 3. The van der Waals surface area contributed by atoms with E-state index >= 15 is 0 Å². The zero-order chi connectivity index (χ0) is 22.3. The maximum Gasteiger partial charge on any atom is 0.270 e. The lowest BCUT2D eigenvalue weighted by atomic mass is 10.1. The Kier molecular flexibility index (Phi) is 7.78. The molecule has 0 spiro atoms. The Morgan fingerprint density at radius 2 is 1.97 bits per heavy atom. The molecule has 8 heteroatoms. The lowest BCUT2D eigenvalue weighted by Crippen LogP contribution is -2.35. The zero-order valence-electron chi connectivity index (χ0n) is 18.6. The van der Waals surface area contributed by atoms with Crippen molar-refractivity contribution in [2.75, 3.05) is 45.3 Å². The highest BCUT2D eigenvalue weighted by atomic mass is 32.1. The van der Waals surface area contributed by atoms with E-state index in [0.29, 0.717) is 11.7 Å². The Morgan fingerprint density at radius 1 is 1.12 bits per heavy atom. The first-order valence-corrected chi connectivity index (χ1v) is 12.7. The van der Waals surface area contributed by atoms with Gasteiger partial charge in [0, 0.05) is 17.5 Å². The molecule has 4 rings (SSSR count). The standard InChI is InChI=1S/C24H29N3O3S2/c1-29-18-9-10-21(30-2)19(16-18)20-17-32-24(25-20)27(23(28)22-8-6-15-31-22)14-7-13-26-11-4-3-5-12-26/h6,8-10,15-17H,3-5,7,11-14H2,1-2H3. The second-order valence-electron chi connectivity index (χ2n) is 7.77. The fraction of sp³-hybridized carbons (Fsp3) is 0.417. The zero-order valence-corrected chi connectivity index (χ0v) is 20.2. The Morgan fingerprint density at radius 3 is 2.69 bits per heavy atom. The number of amides is 1. The van der Waals surface area contributed by atoms with Gasteiger partial charge in [0.1, 0.15) is 11.5 Å². The van der Waals surface area contributed by atoms with Crippen molar-refractivity contribution < 1.29 is 14.3 Å². The van der Waals surface area contributed by atoms with Gasteiger partial charge in [0.05, 0.1) is 24.8 Å². The van der Waals surface area contributed by atoms with Gasteiger partial charge in [-0.05, 0) is 68.5 Å². The number of rotatable bonds is 9. The first kappa shape index (κ1) is 22.8. The molecule has 32 heavy (non-hydrogen) atoms. The van der Waals surface area contributed by atoms with E-state index in [1.165, 1.54) is 41.9 Å². The molecule has 2 aromatic heterocycles. The van der Waals surface area contributed by atoms with Gasteiger partial charge in [0.2, 0.25) is 0 Å². The molecule has 3 heterocycles. The number of likely N-dealkylation sites (tertiary alicyclic amines) is 1. The monoisotopic (exact) mass is 471 g/mol. The molecule has 1 aromatic carbocycles. The highest BCUT2D eigenvalue weighted by molar-refractivity contribution is 7.14. The molecule has 0 atom stereocenters. The third-order valence-electron chi connectivity index (χ3n) is 5.69. The summed E-state index contributed by atoms with van der Waals surface area (Å²) < 4.78 is 10.9. The number of anilines is 1. The number of carbonyl (C=O) groups is 1. The second kappa shape index (κ2) is 10.9. The number of thiophene rings is 1. The summed E-state index contributed by atoms with van der Waals surface area (Å²) in [6.07, 6.45) is 4.80. The number of ether oxygens (including phenoxy) is 2. The summed E-state index contributed by atoms with van der Waals surface area (Å²) in [6.45, 7) is 3.98. The van der Waals surface area contributed by atoms with E-state index in [2.05, 4.69) is 4.90 Å². The molecule has 1 amide bonds. The van der Waals surface area contributed by atoms with Crippen LogP contribution < -0.4 is 14.4 Å². The number of carbonyl (C=O) groups excluding carboxylic acids is 1. The third-order valence-corrected chi connectivity index (χ3v) is 7.41. The summed E-state index contributed by atoms with van der Waals surface area (Å²) in [5.74, 6) is 1.48. The summed E-state index contributed by atoms with van der Waals surface area (Å²) in [5, 5.41) is 4.63. The largest absolute Gasteiger partial charge is 0.497 e. The number of thiazole rings is 1. The highest BCUT2D eigenvalue weighted by Crippen LogP contribution is 2.36. The van der Waals surface area contributed by atoms with Crippen molar-refractivity contribution >= 4 is 33.7 Å². The topological polar surface area (TPSA) is 54.9 Å². The van der Waals surface area contributed by atoms with Crippen LogP contribution in [0.4, 0.5) is 5.13 Å². The van der Waals surface area contributed by atoms with Gasteiger partial charge in [-0.3, -0.25) is 9.69 Å². The SMILES string of the molecule is COc1ccc(OC)c(-c2csc(N(CCCN3CCCCC3)C(=O)c3cccs3)n2)c1. The summed E-state index contributed by atoms with van der Waals surface area (Å²) in [7, 11) is 3.29.